The van der Waals surface area contributed by atoms with Crippen LogP contribution in [0.25, 0.3) is 27.9 Å². The van der Waals surface area contributed by atoms with Gasteiger partial charge in [0.25, 0.3) is 0 Å². The number of fused-ring (bicyclic) bond motifs is 3. The Hall–Kier alpha value is -3.08. The number of rotatable bonds is 5. The Kier molecular flexibility index (Phi) is 4.57. The summed E-state index contributed by atoms with van der Waals surface area (Å²) in [6.07, 6.45) is 3.15. The molecule has 25 heavy (non-hydrogen) atoms. The standard InChI is InChI=1S/C20H21N3O2/c1-3-23-17-7-5-4-6-15(17)16-12-14(8-10-18(16)23)9-11-19(24)22-13(2)20(21)25/h4-13H,3H2,1-2H3,(H2,21,25)(H,22,24)/b11-9+/t13-/m0/s1. The fourth-order valence-corrected chi connectivity index (χ4v) is 3.02. The molecular weight excluding hydrogens is 314 g/mol. The van der Waals surface area contributed by atoms with Crippen LogP contribution in [0.3, 0.4) is 0 Å². The summed E-state index contributed by atoms with van der Waals surface area (Å²) < 4.78 is 2.28. The topological polar surface area (TPSA) is 77.1 Å². The van der Waals surface area contributed by atoms with E-state index in [0.717, 1.165) is 17.5 Å². The predicted octanol–water partition coefficient (Wildman–Crippen LogP) is 2.82. The molecule has 0 bridgehead atoms. The average Bonchev–Trinajstić information content (AvgIpc) is 2.93. The number of hydrogen-bond acceptors (Lipinski definition) is 2. The quantitative estimate of drug-likeness (QED) is 0.703. The van der Waals surface area contributed by atoms with Gasteiger partial charge in [0.15, 0.2) is 0 Å². The van der Waals surface area contributed by atoms with E-state index in [1.54, 1.807) is 13.0 Å². The van der Waals surface area contributed by atoms with Crippen molar-refractivity contribution in [1.29, 1.82) is 0 Å². The van der Waals surface area contributed by atoms with Gasteiger partial charge in [-0.3, -0.25) is 9.59 Å². The largest absolute Gasteiger partial charge is 0.368 e. The third-order valence-electron chi connectivity index (χ3n) is 4.33. The predicted molar refractivity (Wildman–Crippen MR) is 101 cm³/mol. The van der Waals surface area contributed by atoms with Crippen molar-refractivity contribution in [2.75, 3.05) is 0 Å². The van der Waals surface area contributed by atoms with Gasteiger partial charge in [-0.05, 0) is 43.7 Å². The third kappa shape index (κ3) is 3.26. The second kappa shape index (κ2) is 6.81. The number of hydrogen-bond donors (Lipinski definition) is 2. The number of carbonyl (C=O) groups is 2. The van der Waals surface area contributed by atoms with Crippen molar-refractivity contribution in [3.8, 4) is 0 Å². The number of primary amides is 1. The van der Waals surface area contributed by atoms with Crippen LogP contribution in [-0.4, -0.2) is 22.4 Å². The Balaban J connectivity index is 1.94. The second-order valence-electron chi connectivity index (χ2n) is 6.00. The monoisotopic (exact) mass is 335 g/mol. The van der Waals surface area contributed by atoms with Gasteiger partial charge in [-0.2, -0.15) is 0 Å². The van der Waals surface area contributed by atoms with E-state index < -0.39 is 11.9 Å². The molecule has 3 rings (SSSR count). The van der Waals surface area contributed by atoms with Crippen LogP contribution >= 0.6 is 0 Å². The molecule has 1 heterocycles. The maximum atomic E-state index is 11.8. The molecule has 0 fully saturated rings. The van der Waals surface area contributed by atoms with Gasteiger partial charge in [0.1, 0.15) is 6.04 Å². The van der Waals surface area contributed by atoms with E-state index >= 15 is 0 Å². The fourth-order valence-electron chi connectivity index (χ4n) is 3.02. The molecule has 0 aliphatic rings. The molecule has 3 aromatic rings. The van der Waals surface area contributed by atoms with Crippen LogP contribution in [0.1, 0.15) is 19.4 Å². The van der Waals surface area contributed by atoms with Gasteiger partial charge < -0.3 is 15.6 Å². The maximum Gasteiger partial charge on any atom is 0.244 e. The van der Waals surface area contributed by atoms with Crippen LogP contribution in [0.2, 0.25) is 0 Å². The summed E-state index contributed by atoms with van der Waals surface area (Å²) in [6.45, 7) is 4.58. The zero-order valence-corrected chi connectivity index (χ0v) is 14.3. The first kappa shape index (κ1) is 16.8. The highest BCUT2D eigenvalue weighted by molar-refractivity contribution is 6.08. The summed E-state index contributed by atoms with van der Waals surface area (Å²) in [5.41, 5.74) is 8.44. The molecule has 1 atom stereocenters. The molecule has 5 nitrogen and oxygen atoms in total. The molecule has 2 aromatic carbocycles. The maximum absolute atomic E-state index is 11.8. The lowest BCUT2D eigenvalue weighted by Crippen LogP contribution is -2.41. The SMILES string of the molecule is CCn1c2ccccc2c2cc(/C=C/C(=O)N[C@@H](C)C(N)=O)ccc21. The number of aryl methyl sites for hydroxylation is 1. The van der Waals surface area contributed by atoms with Gasteiger partial charge in [0, 0.05) is 34.4 Å². The van der Waals surface area contributed by atoms with E-state index in [0.29, 0.717) is 0 Å². The number of nitrogens with two attached hydrogens (primary N) is 1. The summed E-state index contributed by atoms with van der Waals surface area (Å²) in [5, 5.41) is 4.88. The van der Waals surface area contributed by atoms with Gasteiger partial charge in [-0.15, -0.1) is 0 Å². The molecule has 0 aliphatic heterocycles. The van der Waals surface area contributed by atoms with E-state index in [1.807, 2.05) is 18.2 Å². The number of para-hydroxylation sites is 1. The van der Waals surface area contributed by atoms with Crippen LogP contribution in [-0.2, 0) is 16.1 Å². The van der Waals surface area contributed by atoms with E-state index in [2.05, 4.69) is 41.1 Å². The Morgan fingerprint density at radius 1 is 1.16 bits per heavy atom. The number of nitrogens with zero attached hydrogens (tertiary/aromatic N) is 1. The minimum atomic E-state index is -0.692. The Bertz CT molecular complexity index is 985. The molecule has 0 unspecified atom stereocenters. The average molecular weight is 335 g/mol. The van der Waals surface area contributed by atoms with Gasteiger partial charge in [0.2, 0.25) is 11.8 Å². The number of carbonyl (C=O) groups excluding carboxylic acids is 2. The van der Waals surface area contributed by atoms with Crippen molar-refractivity contribution < 1.29 is 9.59 Å². The zero-order valence-electron chi connectivity index (χ0n) is 14.3. The van der Waals surface area contributed by atoms with Gasteiger partial charge >= 0.3 is 0 Å². The summed E-state index contributed by atoms with van der Waals surface area (Å²) in [5.74, 6) is -0.905. The van der Waals surface area contributed by atoms with Crippen molar-refractivity contribution in [3.63, 3.8) is 0 Å². The number of amides is 2. The highest BCUT2D eigenvalue weighted by Gasteiger charge is 2.11. The number of benzene rings is 2. The molecule has 5 heteroatoms. The van der Waals surface area contributed by atoms with Crippen molar-refractivity contribution in [1.82, 2.24) is 9.88 Å². The van der Waals surface area contributed by atoms with E-state index in [1.165, 1.54) is 22.5 Å². The minimum absolute atomic E-state index is 0.345. The smallest absolute Gasteiger partial charge is 0.244 e. The van der Waals surface area contributed by atoms with E-state index in [4.69, 9.17) is 5.73 Å². The summed E-state index contributed by atoms with van der Waals surface area (Å²) >= 11 is 0. The second-order valence-corrected chi connectivity index (χ2v) is 6.00. The molecule has 2 amide bonds. The lowest BCUT2D eigenvalue weighted by atomic mass is 10.1. The first-order valence-corrected chi connectivity index (χ1v) is 8.30. The van der Waals surface area contributed by atoms with Crippen LogP contribution in [0.4, 0.5) is 0 Å². The highest BCUT2D eigenvalue weighted by atomic mass is 16.2. The molecule has 0 saturated carbocycles. The third-order valence-corrected chi connectivity index (χ3v) is 4.33. The Labute approximate surface area is 146 Å². The zero-order chi connectivity index (χ0) is 18.0. The lowest BCUT2D eigenvalue weighted by molar-refractivity contribution is -0.124. The van der Waals surface area contributed by atoms with Crippen LogP contribution in [0.15, 0.2) is 48.5 Å². The van der Waals surface area contributed by atoms with Crippen molar-refractivity contribution >= 4 is 39.7 Å². The normalized spacial score (nSPS) is 12.7. The minimum Gasteiger partial charge on any atom is -0.368 e. The Morgan fingerprint density at radius 2 is 1.88 bits per heavy atom. The summed E-state index contributed by atoms with van der Waals surface area (Å²) in [4.78, 5) is 22.8. The molecule has 0 aliphatic carbocycles. The summed E-state index contributed by atoms with van der Waals surface area (Å²) in [7, 11) is 0. The Morgan fingerprint density at radius 3 is 2.60 bits per heavy atom. The molecule has 3 N–H and O–H groups in total. The van der Waals surface area contributed by atoms with Crippen molar-refractivity contribution in [2.45, 2.75) is 26.4 Å². The first-order chi connectivity index (χ1) is 12.0. The van der Waals surface area contributed by atoms with Crippen LogP contribution in [0, 0.1) is 0 Å². The molecule has 0 spiro atoms. The molecule has 1 aromatic heterocycles. The number of aromatic nitrogens is 1. The van der Waals surface area contributed by atoms with Crippen molar-refractivity contribution in [3.05, 3.63) is 54.1 Å². The molecular formula is C20H21N3O2. The van der Waals surface area contributed by atoms with Crippen LogP contribution in [0.5, 0.6) is 0 Å². The molecule has 0 saturated heterocycles. The van der Waals surface area contributed by atoms with Gasteiger partial charge in [-0.1, -0.05) is 24.3 Å². The molecule has 128 valence electrons. The summed E-state index contributed by atoms with van der Waals surface area (Å²) in [6, 6.07) is 13.7. The van der Waals surface area contributed by atoms with Crippen molar-refractivity contribution in [2.24, 2.45) is 5.73 Å². The van der Waals surface area contributed by atoms with Crippen LogP contribution < -0.4 is 11.1 Å². The van der Waals surface area contributed by atoms with E-state index in [9.17, 15) is 9.59 Å². The lowest BCUT2D eigenvalue weighted by Gasteiger charge is -2.07. The van der Waals surface area contributed by atoms with Gasteiger partial charge in [0.05, 0.1) is 0 Å². The first-order valence-electron chi connectivity index (χ1n) is 8.30. The fraction of sp³-hybridized carbons (Fsp3) is 0.200. The number of nitrogens with one attached hydrogen (secondary N) is 1. The highest BCUT2D eigenvalue weighted by Crippen LogP contribution is 2.29. The van der Waals surface area contributed by atoms with E-state index in [-0.39, 0.29) is 5.91 Å². The molecule has 0 radical (unpaired) electrons. The van der Waals surface area contributed by atoms with Gasteiger partial charge in [-0.25, -0.2) is 0 Å².